The number of sulfonamides is 1. The monoisotopic (exact) mass is 369 g/mol. The van der Waals surface area contributed by atoms with Gasteiger partial charge in [0.15, 0.2) is 0 Å². The SMILES string of the molecule is O=C(CCNS(=O)(=O)c1ccccc1F)N1CC[C@@H]2CNC[C@@H]2CC1. The largest absolute Gasteiger partial charge is 0.343 e. The number of carbonyl (C=O) groups is 1. The van der Waals surface area contributed by atoms with Gasteiger partial charge >= 0.3 is 0 Å². The molecule has 0 spiro atoms. The van der Waals surface area contributed by atoms with Crippen LogP contribution >= 0.6 is 0 Å². The summed E-state index contributed by atoms with van der Waals surface area (Å²) in [6.07, 6.45) is 2.07. The Morgan fingerprint density at radius 2 is 1.84 bits per heavy atom. The summed E-state index contributed by atoms with van der Waals surface area (Å²) in [7, 11) is -3.94. The zero-order valence-electron chi connectivity index (χ0n) is 14.1. The van der Waals surface area contributed by atoms with Crippen LogP contribution in [0, 0.1) is 17.7 Å². The third kappa shape index (κ3) is 4.37. The first-order valence-corrected chi connectivity index (χ1v) is 10.2. The second-order valence-electron chi connectivity index (χ2n) is 6.71. The summed E-state index contributed by atoms with van der Waals surface area (Å²) in [4.78, 5) is 13.8. The molecule has 0 radical (unpaired) electrons. The van der Waals surface area contributed by atoms with Crippen LogP contribution in [0.5, 0.6) is 0 Å². The van der Waals surface area contributed by atoms with Crippen molar-refractivity contribution in [2.24, 2.45) is 11.8 Å². The number of carbonyl (C=O) groups excluding carboxylic acids is 1. The summed E-state index contributed by atoms with van der Waals surface area (Å²) in [5.41, 5.74) is 0. The molecule has 0 aromatic heterocycles. The normalized spacial score (nSPS) is 24.0. The number of hydrogen-bond acceptors (Lipinski definition) is 4. The molecule has 2 fully saturated rings. The highest BCUT2D eigenvalue weighted by Gasteiger charge is 2.31. The number of nitrogens with zero attached hydrogens (tertiary/aromatic N) is 1. The molecule has 1 aromatic rings. The van der Waals surface area contributed by atoms with Crippen molar-refractivity contribution in [3.63, 3.8) is 0 Å². The van der Waals surface area contributed by atoms with Gasteiger partial charge in [-0.3, -0.25) is 4.79 Å². The van der Waals surface area contributed by atoms with Crippen LogP contribution in [0.1, 0.15) is 19.3 Å². The maximum atomic E-state index is 13.6. The maximum absolute atomic E-state index is 13.6. The fourth-order valence-electron chi connectivity index (χ4n) is 3.66. The zero-order valence-corrected chi connectivity index (χ0v) is 14.9. The fourth-order valence-corrected chi connectivity index (χ4v) is 4.77. The highest BCUT2D eigenvalue weighted by atomic mass is 32.2. The van der Waals surface area contributed by atoms with E-state index in [-0.39, 0.29) is 18.9 Å². The Morgan fingerprint density at radius 3 is 2.48 bits per heavy atom. The van der Waals surface area contributed by atoms with Crippen LogP contribution in [0.25, 0.3) is 0 Å². The lowest BCUT2D eigenvalue weighted by Crippen LogP contribution is -2.35. The molecule has 8 heteroatoms. The van der Waals surface area contributed by atoms with Gasteiger partial charge in [0.05, 0.1) is 0 Å². The third-order valence-corrected chi connectivity index (χ3v) is 6.62. The minimum Gasteiger partial charge on any atom is -0.343 e. The van der Waals surface area contributed by atoms with E-state index < -0.39 is 20.7 Å². The Kier molecular flexibility index (Phi) is 5.71. The predicted octanol–water partition coefficient (Wildman–Crippen LogP) is 0.952. The van der Waals surface area contributed by atoms with Crippen LogP contribution in [0.2, 0.25) is 0 Å². The first-order chi connectivity index (χ1) is 12.0. The molecular weight excluding hydrogens is 345 g/mol. The topological polar surface area (TPSA) is 78.5 Å². The van der Waals surface area contributed by atoms with Gasteiger partial charge in [-0.05, 0) is 49.9 Å². The number of amides is 1. The van der Waals surface area contributed by atoms with E-state index in [1.807, 2.05) is 4.90 Å². The van der Waals surface area contributed by atoms with Crippen LogP contribution in [-0.4, -0.2) is 51.9 Å². The number of likely N-dealkylation sites (tertiary alicyclic amines) is 1. The van der Waals surface area contributed by atoms with Gasteiger partial charge in [0, 0.05) is 26.1 Å². The molecule has 0 aliphatic carbocycles. The highest BCUT2D eigenvalue weighted by Crippen LogP contribution is 2.27. The maximum Gasteiger partial charge on any atom is 0.243 e. The Balaban J connectivity index is 1.50. The predicted molar refractivity (Wildman–Crippen MR) is 91.9 cm³/mol. The minimum atomic E-state index is -3.94. The summed E-state index contributed by atoms with van der Waals surface area (Å²) in [5.74, 6) is 0.424. The van der Waals surface area contributed by atoms with Gasteiger partial charge in [-0.15, -0.1) is 0 Å². The molecular formula is C17H24FN3O3S. The van der Waals surface area contributed by atoms with E-state index in [1.54, 1.807) is 0 Å². The second-order valence-corrected chi connectivity index (χ2v) is 8.45. The molecule has 2 heterocycles. The van der Waals surface area contributed by atoms with Crippen molar-refractivity contribution in [2.45, 2.75) is 24.2 Å². The Hall–Kier alpha value is -1.51. The minimum absolute atomic E-state index is 0.0274. The van der Waals surface area contributed by atoms with Crippen molar-refractivity contribution in [1.29, 1.82) is 0 Å². The van der Waals surface area contributed by atoms with E-state index >= 15 is 0 Å². The molecule has 3 rings (SSSR count). The van der Waals surface area contributed by atoms with Gasteiger partial charge in [-0.25, -0.2) is 17.5 Å². The lowest BCUT2D eigenvalue weighted by molar-refractivity contribution is -0.131. The van der Waals surface area contributed by atoms with Gasteiger partial charge in [0.2, 0.25) is 15.9 Å². The average Bonchev–Trinajstić information content (AvgIpc) is 2.93. The van der Waals surface area contributed by atoms with E-state index in [0.717, 1.165) is 45.1 Å². The number of halogens is 1. The summed E-state index contributed by atoms with van der Waals surface area (Å²) in [6.45, 7) is 3.47. The average molecular weight is 369 g/mol. The molecule has 1 amide bonds. The summed E-state index contributed by atoms with van der Waals surface area (Å²) in [6, 6.07) is 5.21. The first kappa shape index (κ1) is 18.3. The van der Waals surface area contributed by atoms with Crippen molar-refractivity contribution >= 4 is 15.9 Å². The van der Waals surface area contributed by atoms with Crippen molar-refractivity contribution in [1.82, 2.24) is 14.9 Å². The summed E-state index contributed by atoms with van der Waals surface area (Å²) in [5, 5.41) is 3.40. The van der Waals surface area contributed by atoms with Crippen LogP contribution < -0.4 is 10.0 Å². The summed E-state index contributed by atoms with van der Waals surface area (Å²) >= 11 is 0. The Labute approximate surface area is 147 Å². The molecule has 0 unspecified atom stereocenters. The molecule has 2 aliphatic rings. The molecule has 0 saturated carbocycles. The smallest absolute Gasteiger partial charge is 0.243 e. The van der Waals surface area contributed by atoms with E-state index in [1.165, 1.54) is 18.2 Å². The second kappa shape index (κ2) is 7.80. The molecule has 2 saturated heterocycles. The van der Waals surface area contributed by atoms with Crippen molar-refractivity contribution in [3.8, 4) is 0 Å². The molecule has 6 nitrogen and oxygen atoms in total. The standard InChI is InChI=1S/C17H24FN3O3S/c18-15-3-1-2-4-16(15)25(23,24)20-8-5-17(22)21-9-6-13-11-19-12-14(13)7-10-21/h1-4,13-14,19-20H,5-12H2/t13-,14+. The van der Waals surface area contributed by atoms with Gasteiger partial charge in [-0.2, -0.15) is 0 Å². The number of nitrogens with one attached hydrogen (secondary N) is 2. The molecule has 25 heavy (non-hydrogen) atoms. The van der Waals surface area contributed by atoms with Gasteiger partial charge < -0.3 is 10.2 Å². The molecule has 1 aromatic carbocycles. The Bertz CT molecular complexity index is 712. The van der Waals surface area contributed by atoms with Gasteiger partial charge in [0.1, 0.15) is 10.7 Å². The zero-order chi connectivity index (χ0) is 17.9. The van der Waals surface area contributed by atoms with Crippen molar-refractivity contribution in [2.75, 3.05) is 32.7 Å². The fraction of sp³-hybridized carbons (Fsp3) is 0.588. The van der Waals surface area contributed by atoms with E-state index in [9.17, 15) is 17.6 Å². The molecule has 138 valence electrons. The number of hydrogen-bond donors (Lipinski definition) is 2. The van der Waals surface area contributed by atoms with Crippen LogP contribution in [0.3, 0.4) is 0 Å². The molecule has 2 N–H and O–H groups in total. The third-order valence-electron chi connectivity index (χ3n) is 5.13. The first-order valence-electron chi connectivity index (χ1n) is 8.70. The molecule has 2 aliphatic heterocycles. The molecule has 0 bridgehead atoms. The van der Waals surface area contributed by atoms with Crippen molar-refractivity contribution < 1.29 is 17.6 Å². The van der Waals surface area contributed by atoms with E-state index in [0.29, 0.717) is 11.8 Å². The van der Waals surface area contributed by atoms with Gasteiger partial charge in [0.25, 0.3) is 0 Å². The lowest BCUT2D eigenvalue weighted by Gasteiger charge is -2.21. The van der Waals surface area contributed by atoms with Crippen LogP contribution in [0.15, 0.2) is 29.2 Å². The van der Waals surface area contributed by atoms with E-state index in [2.05, 4.69) is 10.0 Å². The number of benzene rings is 1. The van der Waals surface area contributed by atoms with Crippen LogP contribution in [-0.2, 0) is 14.8 Å². The van der Waals surface area contributed by atoms with Gasteiger partial charge in [-0.1, -0.05) is 12.1 Å². The molecule has 2 atom stereocenters. The van der Waals surface area contributed by atoms with Crippen LogP contribution in [0.4, 0.5) is 4.39 Å². The highest BCUT2D eigenvalue weighted by molar-refractivity contribution is 7.89. The summed E-state index contributed by atoms with van der Waals surface area (Å²) < 4.78 is 40.2. The Morgan fingerprint density at radius 1 is 1.20 bits per heavy atom. The van der Waals surface area contributed by atoms with Crippen molar-refractivity contribution in [3.05, 3.63) is 30.1 Å². The lowest BCUT2D eigenvalue weighted by atomic mass is 9.92. The van der Waals surface area contributed by atoms with E-state index in [4.69, 9.17) is 0 Å². The quantitative estimate of drug-likeness (QED) is 0.810. The number of rotatable bonds is 5. The number of fused-ring (bicyclic) bond motifs is 1.